The number of benzene rings is 1. The molecular formula is C14H20N2O2. The van der Waals surface area contributed by atoms with E-state index in [9.17, 15) is 4.79 Å². The molecule has 0 spiro atoms. The third-order valence-corrected chi connectivity index (χ3v) is 2.70. The average Bonchev–Trinajstić information content (AvgIpc) is 2.42. The molecule has 1 rings (SSSR count). The van der Waals surface area contributed by atoms with Crippen molar-refractivity contribution < 1.29 is 9.63 Å². The molecule has 1 aromatic rings. The summed E-state index contributed by atoms with van der Waals surface area (Å²) in [6, 6.07) is 9.72. The van der Waals surface area contributed by atoms with E-state index in [4.69, 9.17) is 4.84 Å². The molecule has 4 heteroatoms. The maximum absolute atomic E-state index is 11.7. The fraction of sp³-hybridized carbons (Fsp3) is 0.429. The van der Waals surface area contributed by atoms with Crippen LogP contribution in [-0.4, -0.2) is 29.8 Å². The fourth-order valence-corrected chi connectivity index (χ4v) is 1.59. The smallest absolute Gasteiger partial charge is 0.307 e. The van der Waals surface area contributed by atoms with Crippen LogP contribution < -0.4 is 0 Å². The molecule has 0 fully saturated rings. The lowest BCUT2D eigenvalue weighted by molar-refractivity contribution is 0.109. The quantitative estimate of drug-likeness (QED) is 0.456. The molecule has 0 radical (unpaired) electrons. The van der Waals surface area contributed by atoms with Gasteiger partial charge >= 0.3 is 6.09 Å². The van der Waals surface area contributed by atoms with E-state index >= 15 is 0 Å². The van der Waals surface area contributed by atoms with Gasteiger partial charge in [-0.05, 0) is 25.8 Å². The number of rotatable bonds is 5. The minimum atomic E-state index is -0.401. The standard InChI is InChI=1S/C14H20N2O2/c1-4-13(12-10-8-7-9-11-12)15-18-14(17)16(5-2)6-3/h7-11H,4-6H2,1-3H3. The summed E-state index contributed by atoms with van der Waals surface area (Å²) in [6.07, 6.45) is 0.317. The van der Waals surface area contributed by atoms with Gasteiger partial charge in [0, 0.05) is 13.1 Å². The van der Waals surface area contributed by atoms with Crippen molar-refractivity contribution in [2.24, 2.45) is 5.16 Å². The molecule has 0 aliphatic rings. The molecule has 98 valence electrons. The summed E-state index contributed by atoms with van der Waals surface area (Å²) in [4.78, 5) is 18.2. The van der Waals surface area contributed by atoms with Crippen LogP contribution >= 0.6 is 0 Å². The topological polar surface area (TPSA) is 41.9 Å². The van der Waals surface area contributed by atoms with E-state index in [2.05, 4.69) is 5.16 Å². The van der Waals surface area contributed by atoms with Crippen LogP contribution in [0.3, 0.4) is 0 Å². The lowest BCUT2D eigenvalue weighted by atomic mass is 10.1. The number of carbonyl (C=O) groups is 1. The first-order valence-electron chi connectivity index (χ1n) is 6.31. The number of hydrogen-bond donors (Lipinski definition) is 0. The van der Waals surface area contributed by atoms with Crippen LogP contribution in [0.25, 0.3) is 0 Å². The van der Waals surface area contributed by atoms with Gasteiger partial charge in [-0.3, -0.25) is 4.84 Å². The molecule has 0 saturated carbocycles. The highest BCUT2D eigenvalue weighted by Gasteiger charge is 2.11. The van der Waals surface area contributed by atoms with E-state index in [0.29, 0.717) is 13.1 Å². The molecule has 18 heavy (non-hydrogen) atoms. The highest BCUT2D eigenvalue weighted by Crippen LogP contribution is 2.05. The van der Waals surface area contributed by atoms with Gasteiger partial charge < -0.3 is 4.90 Å². The highest BCUT2D eigenvalue weighted by atomic mass is 16.7. The number of nitrogens with zero attached hydrogens (tertiary/aromatic N) is 2. The maximum Gasteiger partial charge on any atom is 0.435 e. The van der Waals surface area contributed by atoms with Gasteiger partial charge in [0.1, 0.15) is 0 Å². The zero-order chi connectivity index (χ0) is 13.4. The summed E-state index contributed by atoms with van der Waals surface area (Å²) in [6.45, 7) is 7.05. The Labute approximate surface area is 108 Å². The van der Waals surface area contributed by atoms with Gasteiger partial charge in [-0.25, -0.2) is 4.79 Å². The molecular weight excluding hydrogens is 228 g/mol. The second-order valence-corrected chi connectivity index (χ2v) is 3.79. The Morgan fingerprint density at radius 2 is 1.78 bits per heavy atom. The van der Waals surface area contributed by atoms with Gasteiger partial charge in [0.15, 0.2) is 0 Å². The summed E-state index contributed by atoms with van der Waals surface area (Å²) >= 11 is 0. The average molecular weight is 248 g/mol. The molecule has 0 N–H and O–H groups in total. The molecule has 0 heterocycles. The third kappa shape index (κ3) is 3.87. The predicted octanol–water partition coefficient (Wildman–Crippen LogP) is 3.28. The van der Waals surface area contributed by atoms with Crippen molar-refractivity contribution in [3.8, 4) is 0 Å². The first-order valence-corrected chi connectivity index (χ1v) is 6.31. The second-order valence-electron chi connectivity index (χ2n) is 3.79. The summed E-state index contributed by atoms with van der Waals surface area (Å²) in [5.74, 6) is 0. The molecule has 0 aromatic heterocycles. The zero-order valence-corrected chi connectivity index (χ0v) is 11.2. The summed E-state index contributed by atoms with van der Waals surface area (Å²) in [5.41, 5.74) is 1.75. The molecule has 0 saturated heterocycles. The SMILES string of the molecule is CCC(=NOC(=O)N(CC)CC)c1ccccc1. The molecule has 0 unspecified atom stereocenters. The van der Waals surface area contributed by atoms with Crippen LogP contribution in [0, 0.1) is 0 Å². The largest absolute Gasteiger partial charge is 0.435 e. The normalized spacial score (nSPS) is 11.2. The van der Waals surface area contributed by atoms with Crippen molar-refractivity contribution in [2.45, 2.75) is 27.2 Å². The molecule has 1 amide bonds. The van der Waals surface area contributed by atoms with Crippen LogP contribution in [0.4, 0.5) is 4.79 Å². The first-order chi connectivity index (χ1) is 8.72. The van der Waals surface area contributed by atoms with Crippen molar-refractivity contribution in [2.75, 3.05) is 13.1 Å². The molecule has 0 aliphatic heterocycles. The molecule has 4 nitrogen and oxygen atoms in total. The summed E-state index contributed by atoms with van der Waals surface area (Å²) in [5, 5.41) is 3.95. The number of carbonyl (C=O) groups excluding carboxylic acids is 1. The number of hydrogen-bond acceptors (Lipinski definition) is 3. The van der Waals surface area contributed by atoms with Gasteiger partial charge in [-0.15, -0.1) is 0 Å². The van der Waals surface area contributed by atoms with E-state index in [-0.39, 0.29) is 0 Å². The van der Waals surface area contributed by atoms with Crippen molar-refractivity contribution in [1.29, 1.82) is 0 Å². The Hall–Kier alpha value is -1.84. The Bertz CT molecular complexity index is 398. The Kier molecular flexibility index (Phi) is 5.91. The Morgan fingerprint density at radius 1 is 1.17 bits per heavy atom. The van der Waals surface area contributed by atoms with Gasteiger partial charge in [0.05, 0.1) is 5.71 Å². The van der Waals surface area contributed by atoms with E-state index in [0.717, 1.165) is 17.7 Å². The lowest BCUT2D eigenvalue weighted by Crippen LogP contribution is -2.30. The minimum absolute atomic E-state index is 0.401. The van der Waals surface area contributed by atoms with E-state index < -0.39 is 6.09 Å². The van der Waals surface area contributed by atoms with E-state index in [1.165, 1.54) is 0 Å². The Morgan fingerprint density at radius 3 is 2.28 bits per heavy atom. The lowest BCUT2D eigenvalue weighted by Gasteiger charge is -2.15. The molecule has 0 bridgehead atoms. The van der Waals surface area contributed by atoms with Gasteiger partial charge in [0.2, 0.25) is 0 Å². The number of amides is 1. The number of oxime groups is 1. The van der Waals surface area contributed by atoms with Crippen molar-refractivity contribution in [3.05, 3.63) is 35.9 Å². The predicted molar refractivity (Wildman–Crippen MR) is 72.7 cm³/mol. The van der Waals surface area contributed by atoms with E-state index in [1.807, 2.05) is 51.1 Å². The van der Waals surface area contributed by atoms with Crippen LogP contribution in [0.1, 0.15) is 32.8 Å². The van der Waals surface area contributed by atoms with Crippen molar-refractivity contribution >= 4 is 11.8 Å². The minimum Gasteiger partial charge on any atom is -0.307 e. The maximum atomic E-state index is 11.7. The van der Waals surface area contributed by atoms with Crippen molar-refractivity contribution in [1.82, 2.24) is 4.90 Å². The van der Waals surface area contributed by atoms with Gasteiger partial charge in [0.25, 0.3) is 0 Å². The molecule has 0 aliphatic carbocycles. The summed E-state index contributed by atoms with van der Waals surface area (Å²) in [7, 11) is 0. The van der Waals surface area contributed by atoms with Crippen LogP contribution in [0.15, 0.2) is 35.5 Å². The fourth-order valence-electron chi connectivity index (χ4n) is 1.59. The van der Waals surface area contributed by atoms with Crippen LogP contribution in [0.2, 0.25) is 0 Å². The summed E-state index contributed by atoms with van der Waals surface area (Å²) < 4.78 is 0. The highest BCUT2D eigenvalue weighted by molar-refractivity contribution is 6.00. The van der Waals surface area contributed by atoms with Crippen LogP contribution in [0.5, 0.6) is 0 Å². The molecule has 1 aromatic carbocycles. The van der Waals surface area contributed by atoms with Gasteiger partial charge in [-0.2, -0.15) is 0 Å². The first kappa shape index (κ1) is 14.2. The van der Waals surface area contributed by atoms with E-state index in [1.54, 1.807) is 4.90 Å². The second kappa shape index (κ2) is 7.48. The zero-order valence-electron chi connectivity index (χ0n) is 11.2. The van der Waals surface area contributed by atoms with Crippen molar-refractivity contribution in [3.63, 3.8) is 0 Å². The third-order valence-electron chi connectivity index (χ3n) is 2.70. The molecule has 0 atom stereocenters. The van der Waals surface area contributed by atoms with Gasteiger partial charge in [-0.1, -0.05) is 42.4 Å². The Balaban J connectivity index is 2.72. The van der Waals surface area contributed by atoms with Crippen LogP contribution in [-0.2, 0) is 4.84 Å². The monoisotopic (exact) mass is 248 g/mol.